The predicted octanol–water partition coefficient (Wildman–Crippen LogP) is 4.85. The standard InChI is InChI=1S/C16H25.ClH.Mg/c1-2-3-4-5-6-7-8-10-13-16-14-11-9-12-15-16;;/h9,11-12,14H,2-8,10,13H2,1H3;1H;/q;;+1/p-1. The van der Waals surface area contributed by atoms with E-state index in [4.69, 9.17) is 9.07 Å². The number of aryl methyl sites for hydroxylation is 1. The molecule has 0 aliphatic heterocycles. The fourth-order valence-corrected chi connectivity index (χ4v) is 3.85. The molecule has 0 bridgehead atoms. The first-order valence-electron chi connectivity index (χ1n) is 7.51. The zero-order chi connectivity index (χ0) is 13.1. The summed E-state index contributed by atoms with van der Waals surface area (Å²) in [6, 6.07) is 8.72. The molecule has 0 aliphatic carbocycles. The Labute approximate surface area is 126 Å². The van der Waals surface area contributed by atoms with E-state index in [2.05, 4.69) is 31.2 Å². The highest BCUT2D eigenvalue weighted by Gasteiger charge is 2.02. The van der Waals surface area contributed by atoms with Gasteiger partial charge in [0.2, 0.25) is 0 Å². The van der Waals surface area contributed by atoms with Gasteiger partial charge in [-0.25, -0.2) is 0 Å². The van der Waals surface area contributed by atoms with Gasteiger partial charge in [-0.1, -0.05) is 81.7 Å². The molecule has 0 amide bonds. The molecule has 0 fully saturated rings. The maximum Gasteiger partial charge on any atom is 0.538 e. The lowest BCUT2D eigenvalue weighted by molar-refractivity contribution is 0.576. The van der Waals surface area contributed by atoms with E-state index in [1.165, 1.54) is 67.0 Å². The highest BCUT2D eigenvalue weighted by atomic mass is 35.5. The lowest BCUT2D eigenvalue weighted by atomic mass is 10.0. The number of benzene rings is 1. The Bertz CT molecular complexity index is 312. The molecule has 1 rings (SSSR count). The van der Waals surface area contributed by atoms with Crippen LogP contribution in [0, 0.1) is 0 Å². The molecule has 0 nitrogen and oxygen atoms in total. The summed E-state index contributed by atoms with van der Waals surface area (Å²) in [4.78, 5) is 0. The minimum Gasteiger partial charge on any atom is -0.336 e. The first-order valence-corrected chi connectivity index (χ1v) is 10.4. The molecule has 0 aliphatic rings. The van der Waals surface area contributed by atoms with Crippen molar-refractivity contribution in [1.82, 2.24) is 0 Å². The van der Waals surface area contributed by atoms with Gasteiger partial charge in [-0.2, -0.15) is 0 Å². The van der Waals surface area contributed by atoms with Crippen LogP contribution in [0.2, 0.25) is 0 Å². The van der Waals surface area contributed by atoms with E-state index in [1.807, 2.05) is 0 Å². The van der Waals surface area contributed by atoms with Crippen LogP contribution in [-0.2, 0) is 6.42 Å². The van der Waals surface area contributed by atoms with E-state index in [0.717, 1.165) is 0 Å². The third-order valence-corrected chi connectivity index (χ3v) is 5.40. The van der Waals surface area contributed by atoms with Crippen LogP contribution in [0.4, 0.5) is 0 Å². The van der Waals surface area contributed by atoms with Crippen molar-refractivity contribution in [3.8, 4) is 0 Å². The van der Waals surface area contributed by atoms with Crippen molar-refractivity contribution in [2.75, 3.05) is 0 Å². The molecule has 18 heavy (non-hydrogen) atoms. The molecular formula is C16H25ClMg. The molecule has 2 heteroatoms. The van der Waals surface area contributed by atoms with Crippen molar-refractivity contribution in [1.29, 1.82) is 0 Å². The SMILES string of the molecule is CCCCCCCCCCc1cccc[c]1[Mg][Cl]. The summed E-state index contributed by atoms with van der Waals surface area (Å²) in [5, 5.41) is 0. The lowest BCUT2D eigenvalue weighted by Crippen LogP contribution is -2.14. The summed E-state index contributed by atoms with van der Waals surface area (Å²) in [6.45, 7) is 2.28. The minimum absolute atomic E-state index is 0.519. The van der Waals surface area contributed by atoms with Crippen molar-refractivity contribution < 1.29 is 0 Å². The van der Waals surface area contributed by atoms with Gasteiger partial charge in [0.05, 0.1) is 0 Å². The molecule has 0 atom stereocenters. The average Bonchev–Trinajstić information content (AvgIpc) is 2.42. The maximum absolute atomic E-state index is 6.08. The van der Waals surface area contributed by atoms with E-state index in [-0.39, 0.29) is 0 Å². The predicted molar refractivity (Wildman–Crippen MR) is 84.0 cm³/mol. The van der Waals surface area contributed by atoms with E-state index in [9.17, 15) is 0 Å². The molecular weight excluding hydrogens is 252 g/mol. The van der Waals surface area contributed by atoms with Crippen LogP contribution in [-0.4, -0.2) is 19.3 Å². The first kappa shape index (κ1) is 16.3. The van der Waals surface area contributed by atoms with Crippen LogP contribution in [0.5, 0.6) is 0 Å². The second-order valence-electron chi connectivity index (χ2n) is 5.13. The molecule has 0 saturated heterocycles. The second-order valence-corrected chi connectivity index (χ2v) is 6.96. The van der Waals surface area contributed by atoms with Crippen molar-refractivity contribution >= 4 is 32.0 Å². The number of hydrogen-bond donors (Lipinski definition) is 0. The highest BCUT2D eigenvalue weighted by Crippen LogP contribution is 2.10. The molecule has 98 valence electrons. The van der Waals surface area contributed by atoms with Gasteiger partial charge in [0.25, 0.3) is 0 Å². The largest absolute Gasteiger partial charge is 0.538 e. The van der Waals surface area contributed by atoms with Crippen LogP contribution < -0.4 is 3.69 Å². The molecule has 0 spiro atoms. The summed E-state index contributed by atoms with van der Waals surface area (Å²) in [5.74, 6) is 0. The number of rotatable bonds is 10. The molecule has 0 heterocycles. The summed E-state index contributed by atoms with van der Waals surface area (Å²) in [6.07, 6.45) is 12.4. The highest BCUT2D eigenvalue weighted by molar-refractivity contribution is 7.01. The number of halogens is 1. The second kappa shape index (κ2) is 11.1. The topological polar surface area (TPSA) is 0 Å². The lowest BCUT2D eigenvalue weighted by Gasteiger charge is -2.07. The minimum atomic E-state index is -0.519. The smallest absolute Gasteiger partial charge is 0.336 e. The normalized spacial score (nSPS) is 10.3. The van der Waals surface area contributed by atoms with Crippen LogP contribution in [0.25, 0.3) is 0 Å². The van der Waals surface area contributed by atoms with Crippen LogP contribution in [0.15, 0.2) is 24.3 Å². The molecule has 0 aromatic heterocycles. The Kier molecular flexibility index (Phi) is 10.1. The molecule has 1 aromatic rings. The zero-order valence-electron chi connectivity index (χ0n) is 11.8. The van der Waals surface area contributed by atoms with Gasteiger partial charge in [-0.05, 0) is 12.8 Å². The van der Waals surface area contributed by atoms with Crippen molar-refractivity contribution in [3.05, 3.63) is 29.8 Å². The Morgan fingerprint density at radius 2 is 1.50 bits per heavy atom. The van der Waals surface area contributed by atoms with Gasteiger partial charge in [0.15, 0.2) is 0 Å². The summed E-state index contributed by atoms with van der Waals surface area (Å²) in [5.41, 5.74) is 1.50. The van der Waals surface area contributed by atoms with Gasteiger partial charge < -0.3 is 9.07 Å². The van der Waals surface area contributed by atoms with Gasteiger partial charge in [0.1, 0.15) is 0 Å². The molecule has 0 unspecified atom stereocenters. The average molecular weight is 277 g/mol. The Hall–Kier alpha value is 0.276. The number of hydrogen-bond acceptors (Lipinski definition) is 0. The quantitative estimate of drug-likeness (QED) is 0.423. The van der Waals surface area contributed by atoms with Gasteiger partial charge >= 0.3 is 19.3 Å². The third-order valence-electron chi connectivity index (χ3n) is 3.56. The van der Waals surface area contributed by atoms with Crippen molar-refractivity contribution in [2.45, 2.75) is 64.7 Å². The van der Waals surface area contributed by atoms with Gasteiger partial charge in [0, 0.05) is 0 Å². The van der Waals surface area contributed by atoms with Gasteiger partial charge in [-0.3, -0.25) is 0 Å². The third kappa shape index (κ3) is 7.01. The van der Waals surface area contributed by atoms with Crippen molar-refractivity contribution in [2.24, 2.45) is 0 Å². The molecule has 0 saturated carbocycles. The van der Waals surface area contributed by atoms with Crippen LogP contribution in [0.3, 0.4) is 0 Å². The van der Waals surface area contributed by atoms with E-state index in [0.29, 0.717) is 0 Å². The van der Waals surface area contributed by atoms with Gasteiger partial charge in [-0.15, -0.1) is 3.69 Å². The Morgan fingerprint density at radius 1 is 0.889 bits per heavy atom. The molecule has 0 N–H and O–H groups in total. The monoisotopic (exact) mass is 276 g/mol. The summed E-state index contributed by atoms with van der Waals surface area (Å²) >= 11 is -0.519. The summed E-state index contributed by atoms with van der Waals surface area (Å²) < 4.78 is 1.45. The summed E-state index contributed by atoms with van der Waals surface area (Å²) in [7, 11) is 6.08. The molecule has 0 radical (unpaired) electrons. The van der Waals surface area contributed by atoms with Crippen LogP contribution >= 0.6 is 9.07 Å². The first-order chi connectivity index (χ1) is 8.88. The van der Waals surface area contributed by atoms with E-state index < -0.39 is 19.3 Å². The van der Waals surface area contributed by atoms with E-state index in [1.54, 1.807) is 0 Å². The van der Waals surface area contributed by atoms with Crippen molar-refractivity contribution in [3.63, 3.8) is 0 Å². The number of unbranched alkanes of at least 4 members (excludes halogenated alkanes) is 7. The maximum atomic E-state index is 6.08. The van der Waals surface area contributed by atoms with E-state index >= 15 is 0 Å². The Morgan fingerprint density at radius 3 is 2.17 bits per heavy atom. The Balaban J connectivity index is 2.07. The zero-order valence-corrected chi connectivity index (χ0v) is 13.9. The van der Waals surface area contributed by atoms with Crippen LogP contribution in [0.1, 0.15) is 63.9 Å². The molecule has 1 aromatic carbocycles. The fraction of sp³-hybridized carbons (Fsp3) is 0.625. The fourth-order valence-electron chi connectivity index (χ4n) is 2.38.